The van der Waals surface area contributed by atoms with Gasteiger partial charge < -0.3 is 5.32 Å². The van der Waals surface area contributed by atoms with Gasteiger partial charge in [0, 0.05) is 28.1 Å². The molecule has 2 N–H and O–H groups in total. The number of aliphatic imine (C=N–C) groups is 1. The Balaban J connectivity index is 1.78. The van der Waals surface area contributed by atoms with Crippen LogP contribution in [0, 0.1) is 0 Å². The average Bonchev–Trinajstić information content (AvgIpc) is 2.78. The normalized spacial score (nSPS) is 12.3. The Morgan fingerprint density at radius 3 is 2.33 bits per heavy atom. The zero-order chi connectivity index (χ0) is 21.3. The SMILES string of the molecule is CCC(C)c1ccc(NC(=NCc2ccncc2)NC(=O)c2ccc(Br)cc2)cc1. The highest BCUT2D eigenvalue weighted by Crippen LogP contribution is 2.20. The standard InChI is InChI=1S/C24H25BrN4O/c1-3-17(2)19-6-10-22(11-7-19)28-24(27-16-18-12-14-26-15-13-18)29-23(30)20-4-8-21(25)9-5-20/h4-15,17H,3,16H2,1-2H3,(H2,27,28,29,30). The first kappa shape index (κ1) is 21.7. The molecule has 0 fully saturated rings. The molecular formula is C24H25BrN4O. The number of hydrogen-bond donors (Lipinski definition) is 2. The van der Waals surface area contributed by atoms with Gasteiger partial charge in [0.1, 0.15) is 0 Å². The van der Waals surface area contributed by atoms with Crippen LogP contribution in [0.15, 0.2) is 82.5 Å². The van der Waals surface area contributed by atoms with Crippen LogP contribution in [0.2, 0.25) is 0 Å². The van der Waals surface area contributed by atoms with Crippen LogP contribution in [-0.4, -0.2) is 16.9 Å². The van der Waals surface area contributed by atoms with E-state index in [4.69, 9.17) is 0 Å². The molecule has 1 unspecified atom stereocenters. The molecule has 0 bridgehead atoms. The molecule has 0 saturated heterocycles. The number of rotatable bonds is 6. The summed E-state index contributed by atoms with van der Waals surface area (Å²) in [7, 11) is 0. The van der Waals surface area contributed by atoms with Crippen molar-refractivity contribution in [3.63, 3.8) is 0 Å². The van der Waals surface area contributed by atoms with Crippen molar-refractivity contribution < 1.29 is 4.79 Å². The van der Waals surface area contributed by atoms with Gasteiger partial charge in [0.25, 0.3) is 5.91 Å². The molecule has 1 amide bonds. The van der Waals surface area contributed by atoms with Crippen LogP contribution in [-0.2, 0) is 6.54 Å². The van der Waals surface area contributed by atoms with Crippen molar-refractivity contribution in [3.8, 4) is 0 Å². The van der Waals surface area contributed by atoms with Crippen molar-refractivity contribution >= 4 is 33.5 Å². The molecular weight excluding hydrogens is 440 g/mol. The molecule has 1 atom stereocenters. The number of benzene rings is 2. The summed E-state index contributed by atoms with van der Waals surface area (Å²) in [4.78, 5) is 21.3. The predicted octanol–water partition coefficient (Wildman–Crippen LogP) is 5.76. The van der Waals surface area contributed by atoms with Crippen molar-refractivity contribution in [1.29, 1.82) is 0 Å². The maximum atomic E-state index is 12.7. The summed E-state index contributed by atoms with van der Waals surface area (Å²) < 4.78 is 0.921. The molecule has 1 heterocycles. The number of amides is 1. The molecule has 1 aromatic heterocycles. The molecule has 5 nitrogen and oxygen atoms in total. The van der Waals surface area contributed by atoms with Crippen LogP contribution in [0.25, 0.3) is 0 Å². The van der Waals surface area contributed by atoms with Gasteiger partial charge >= 0.3 is 0 Å². The topological polar surface area (TPSA) is 66.4 Å². The first-order chi connectivity index (χ1) is 14.5. The van der Waals surface area contributed by atoms with E-state index in [2.05, 4.69) is 62.5 Å². The fourth-order valence-corrected chi connectivity index (χ4v) is 3.08. The van der Waals surface area contributed by atoms with Gasteiger partial charge in [0.05, 0.1) is 6.54 Å². The van der Waals surface area contributed by atoms with Crippen molar-refractivity contribution in [3.05, 3.63) is 94.2 Å². The van der Waals surface area contributed by atoms with Crippen LogP contribution < -0.4 is 10.6 Å². The highest BCUT2D eigenvalue weighted by atomic mass is 79.9. The maximum Gasteiger partial charge on any atom is 0.257 e. The number of carbonyl (C=O) groups is 1. The van der Waals surface area contributed by atoms with Crippen LogP contribution in [0.1, 0.15) is 47.7 Å². The molecule has 0 aliphatic carbocycles. The smallest absolute Gasteiger partial charge is 0.257 e. The van der Waals surface area contributed by atoms with E-state index in [1.54, 1.807) is 24.5 Å². The Hall–Kier alpha value is -2.99. The molecule has 0 aliphatic heterocycles. The molecule has 6 heteroatoms. The number of aromatic nitrogens is 1. The molecule has 2 aromatic carbocycles. The van der Waals surface area contributed by atoms with Crippen molar-refractivity contribution in [2.45, 2.75) is 32.7 Å². The Kier molecular flexibility index (Phi) is 7.74. The Morgan fingerprint density at radius 2 is 1.70 bits per heavy atom. The maximum absolute atomic E-state index is 12.7. The number of hydrogen-bond acceptors (Lipinski definition) is 3. The lowest BCUT2D eigenvalue weighted by atomic mass is 9.99. The van der Waals surface area contributed by atoms with E-state index >= 15 is 0 Å². The van der Waals surface area contributed by atoms with Crippen LogP contribution in [0.4, 0.5) is 5.69 Å². The third kappa shape index (κ3) is 6.26. The van der Waals surface area contributed by atoms with E-state index in [9.17, 15) is 4.79 Å². The van der Waals surface area contributed by atoms with E-state index in [-0.39, 0.29) is 5.91 Å². The largest absolute Gasteiger partial charge is 0.326 e. The second kappa shape index (κ2) is 10.7. The van der Waals surface area contributed by atoms with Gasteiger partial charge in [-0.2, -0.15) is 0 Å². The summed E-state index contributed by atoms with van der Waals surface area (Å²) >= 11 is 3.39. The van der Waals surface area contributed by atoms with Crippen molar-refractivity contribution in [2.75, 3.05) is 5.32 Å². The number of nitrogens with one attached hydrogen (secondary N) is 2. The van der Waals surface area contributed by atoms with Crippen LogP contribution in [0.3, 0.4) is 0 Å². The third-order valence-electron chi connectivity index (χ3n) is 4.86. The zero-order valence-electron chi connectivity index (χ0n) is 17.1. The summed E-state index contributed by atoms with van der Waals surface area (Å²) in [5, 5.41) is 6.13. The van der Waals surface area contributed by atoms with Gasteiger partial charge in [-0.3, -0.25) is 15.1 Å². The summed E-state index contributed by atoms with van der Waals surface area (Å²) in [6.07, 6.45) is 4.55. The van der Waals surface area contributed by atoms with E-state index in [1.807, 2.05) is 36.4 Å². The van der Waals surface area contributed by atoms with Gasteiger partial charge in [-0.1, -0.05) is 41.9 Å². The monoisotopic (exact) mass is 464 g/mol. The van der Waals surface area contributed by atoms with Crippen LogP contribution >= 0.6 is 15.9 Å². The van der Waals surface area contributed by atoms with E-state index in [0.29, 0.717) is 24.0 Å². The second-order valence-electron chi connectivity index (χ2n) is 7.04. The number of guanidine groups is 1. The molecule has 3 aromatic rings. The fourth-order valence-electron chi connectivity index (χ4n) is 2.82. The summed E-state index contributed by atoms with van der Waals surface area (Å²) in [5.74, 6) is 0.687. The lowest BCUT2D eigenvalue weighted by molar-refractivity contribution is 0.0977. The molecule has 0 saturated carbocycles. The first-order valence-corrected chi connectivity index (χ1v) is 10.7. The van der Waals surface area contributed by atoms with Gasteiger partial charge in [0.2, 0.25) is 5.96 Å². The number of carbonyl (C=O) groups excluding carboxylic acids is 1. The van der Waals surface area contributed by atoms with E-state index < -0.39 is 0 Å². The van der Waals surface area contributed by atoms with Gasteiger partial charge in [-0.05, 0) is 72.0 Å². The minimum absolute atomic E-state index is 0.222. The summed E-state index contributed by atoms with van der Waals surface area (Å²) in [5.41, 5.74) is 3.72. The lowest BCUT2D eigenvalue weighted by Gasteiger charge is -2.14. The molecule has 0 spiro atoms. The number of nitrogens with zero attached hydrogens (tertiary/aromatic N) is 2. The quantitative estimate of drug-likeness (QED) is 0.360. The van der Waals surface area contributed by atoms with E-state index in [1.165, 1.54) is 5.56 Å². The van der Waals surface area contributed by atoms with Gasteiger partial charge in [-0.25, -0.2) is 4.99 Å². The Bertz CT molecular complexity index is 986. The Labute approximate surface area is 185 Å². The average molecular weight is 465 g/mol. The number of anilines is 1. The minimum atomic E-state index is -0.222. The van der Waals surface area contributed by atoms with Crippen LogP contribution in [0.5, 0.6) is 0 Å². The number of pyridine rings is 1. The molecule has 154 valence electrons. The van der Waals surface area contributed by atoms with Gasteiger partial charge in [0.15, 0.2) is 0 Å². The van der Waals surface area contributed by atoms with Crippen molar-refractivity contribution in [2.24, 2.45) is 4.99 Å². The second-order valence-corrected chi connectivity index (χ2v) is 7.95. The number of halogens is 1. The zero-order valence-corrected chi connectivity index (χ0v) is 18.7. The summed E-state index contributed by atoms with van der Waals surface area (Å²) in [6, 6.07) is 19.2. The lowest BCUT2D eigenvalue weighted by Crippen LogP contribution is -2.36. The highest BCUT2D eigenvalue weighted by molar-refractivity contribution is 9.10. The molecule has 0 aliphatic rings. The van der Waals surface area contributed by atoms with Gasteiger partial charge in [-0.15, -0.1) is 0 Å². The van der Waals surface area contributed by atoms with Crippen molar-refractivity contribution in [1.82, 2.24) is 10.3 Å². The summed E-state index contributed by atoms with van der Waals surface area (Å²) in [6.45, 7) is 4.82. The predicted molar refractivity (Wildman–Crippen MR) is 126 cm³/mol. The molecule has 30 heavy (non-hydrogen) atoms. The highest BCUT2D eigenvalue weighted by Gasteiger charge is 2.10. The minimum Gasteiger partial charge on any atom is -0.326 e. The third-order valence-corrected chi connectivity index (χ3v) is 5.39. The Morgan fingerprint density at radius 1 is 1.03 bits per heavy atom. The molecule has 0 radical (unpaired) electrons. The fraction of sp³-hybridized carbons (Fsp3) is 0.208. The van der Waals surface area contributed by atoms with E-state index in [0.717, 1.165) is 22.1 Å². The first-order valence-electron chi connectivity index (χ1n) is 9.92. The molecule has 3 rings (SSSR count).